The monoisotopic (exact) mass is 309 g/mol. The molecule has 4 nitrogen and oxygen atoms in total. The quantitative estimate of drug-likeness (QED) is 0.861. The van der Waals surface area contributed by atoms with Crippen molar-refractivity contribution in [1.82, 2.24) is 4.90 Å². The van der Waals surface area contributed by atoms with Crippen LogP contribution in [0.5, 0.6) is 5.75 Å². The van der Waals surface area contributed by atoms with Gasteiger partial charge in [0.2, 0.25) is 0 Å². The molecule has 5 heteroatoms. The van der Waals surface area contributed by atoms with Gasteiger partial charge in [-0.25, -0.2) is 4.79 Å². The Bertz CT molecular complexity index is 705. The maximum absolute atomic E-state index is 12.1. The summed E-state index contributed by atoms with van der Waals surface area (Å²) in [4.78, 5) is 14.4. The topological polar surface area (TPSA) is 53.7 Å². The third-order valence-corrected chi connectivity index (χ3v) is 4.23. The van der Waals surface area contributed by atoms with Crippen LogP contribution < -0.4 is 5.63 Å². The molecule has 21 heavy (non-hydrogen) atoms. The summed E-state index contributed by atoms with van der Waals surface area (Å²) in [5.74, 6) is -0.0809. The predicted molar refractivity (Wildman–Crippen MR) is 85.4 cm³/mol. The Morgan fingerprint density at radius 3 is 2.57 bits per heavy atom. The molecule has 1 aromatic carbocycles. The van der Waals surface area contributed by atoms with E-state index in [1.165, 1.54) is 6.07 Å². The van der Waals surface area contributed by atoms with Crippen molar-refractivity contribution in [3.8, 4) is 5.75 Å². The zero-order valence-corrected chi connectivity index (χ0v) is 13.3. The number of fused-ring (bicyclic) bond motifs is 1. The van der Waals surface area contributed by atoms with Gasteiger partial charge in [0.25, 0.3) is 0 Å². The number of phenols is 1. The molecule has 2 rings (SSSR count). The summed E-state index contributed by atoms with van der Waals surface area (Å²) in [7, 11) is 0. The van der Waals surface area contributed by atoms with Gasteiger partial charge >= 0.3 is 5.63 Å². The maximum atomic E-state index is 12.1. The lowest BCUT2D eigenvalue weighted by Crippen LogP contribution is -2.27. The second-order valence-corrected chi connectivity index (χ2v) is 5.48. The third-order valence-electron chi connectivity index (χ3n) is 3.93. The van der Waals surface area contributed by atoms with E-state index < -0.39 is 0 Å². The molecule has 0 amide bonds. The summed E-state index contributed by atoms with van der Waals surface area (Å²) in [5, 5.41) is 10.6. The lowest BCUT2D eigenvalue weighted by molar-refractivity contribution is 0.306. The fourth-order valence-corrected chi connectivity index (χ4v) is 2.66. The summed E-state index contributed by atoms with van der Waals surface area (Å²) in [6.45, 7) is 8.81. The highest BCUT2D eigenvalue weighted by molar-refractivity contribution is 6.32. The number of phenolic OH excluding ortho intramolecular Hbond substituents is 1. The predicted octanol–water partition coefficient (Wildman–Crippen LogP) is 3.34. The molecular formula is C16H20ClNO3. The molecule has 114 valence electrons. The first-order valence-electron chi connectivity index (χ1n) is 7.15. The summed E-state index contributed by atoms with van der Waals surface area (Å²) in [6.07, 6.45) is 0.643. The molecule has 0 atom stereocenters. The van der Waals surface area contributed by atoms with Crippen LogP contribution in [0.1, 0.15) is 25.0 Å². The van der Waals surface area contributed by atoms with Crippen LogP contribution in [0.4, 0.5) is 0 Å². The molecule has 0 unspecified atom stereocenters. The molecule has 0 aliphatic carbocycles. The fourth-order valence-electron chi connectivity index (χ4n) is 2.50. The number of aryl methyl sites for hydroxylation is 1. The Morgan fingerprint density at radius 1 is 1.29 bits per heavy atom. The summed E-state index contributed by atoms with van der Waals surface area (Å²) >= 11 is 5.95. The van der Waals surface area contributed by atoms with Crippen molar-refractivity contribution >= 4 is 22.6 Å². The average Bonchev–Trinajstić information content (AvgIpc) is 2.45. The first kappa shape index (κ1) is 15.9. The van der Waals surface area contributed by atoms with Crippen molar-refractivity contribution in [1.29, 1.82) is 0 Å². The van der Waals surface area contributed by atoms with Gasteiger partial charge in [-0.2, -0.15) is 0 Å². The van der Waals surface area contributed by atoms with E-state index in [9.17, 15) is 9.90 Å². The molecule has 0 saturated carbocycles. The van der Waals surface area contributed by atoms with Crippen molar-refractivity contribution in [3.63, 3.8) is 0 Å². The number of likely N-dealkylation sites (N-methyl/N-ethyl adjacent to an activating group) is 1. The minimum absolute atomic E-state index is 0.0809. The van der Waals surface area contributed by atoms with Gasteiger partial charge in [-0.15, -0.1) is 0 Å². The van der Waals surface area contributed by atoms with Crippen molar-refractivity contribution in [2.75, 3.05) is 19.6 Å². The fraction of sp³-hybridized carbons (Fsp3) is 0.438. The van der Waals surface area contributed by atoms with Gasteiger partial charge in [0.15, 0.2) is 0 Å². The van der Waals surface area contributed by atoms with Gasteiger partial charge in [0.05, 0.1) is 5.02 Å². The van der Waals surface area contributed by atoms with Crippen LogP contribution in [0.15, 0.2) is 21.3 Å². The molecular weight excluding hydrogens is 290 g/mol. The van der Waals surface area contributed by atoms with Crippen LogP contribution in [0.25, 0.3) is 11.0 Å². The third kappa shape index (κ3) is 3.22. The van der Waals surface area contributed by atoms with Crippen molar-refractivity contribution < 1.29 is 9.52 Å². The van der Waals surface area contributed by atoms with Gasteiger partial charge in [-0.1, -0.05) is 25.4 Å². The van der Waals surface area contributed by atoms with Crippen LogP contribution in [0, 0.1) is 6.92 Å². The lowest BCUT2D eigenvalue weighted by atomic mass is 10.0. The Morgan fingerprint density at radius 2 is 1.95 bits per heavy atom. The van der Waals surface area contributed by atoms with Crippen LogP contribution in [-0.4, -0.2) is 29.6 Å². The minimum Gasteiger partial charge on any atom is -0.506 e. The molecule has 0 aliphatic rings. The van der Waals surface area contributed by atoms with Crippen molar-refractivity contribution in [2.24, 2.45) is 0 Å². The highest BCUT2D eigenvalue weighted by Crippen LogP contribution is 2.30. The van der Waals surface area contributed by atoms with Gasteiger partial charge in [-0.3, -0.25) is 0 Å². The Hall–Kier alpha value is -1.52. The van der Waals surface area contributed by atoms with Gasteiger partial charge in [0.1, 0.15) is 11.3 Å². The van der Waals surface area contributed by atoms with Gasteiger partial charge < -0.3 is 14.4 Å². The smallest absolute Gasteiger partial charge is 0.339 e. The lowest BCUT2D eigenvalue weighted by Gasteiger charge is -2.18. The largest absolute Gasteiger partial charge is 0.506 e. The first-order valence-corrected chi connectivity index (χ1v) is 7.52. The van der Waals surface area contributed by atoms with Crippen LogP contribution >= 0.6 is 11.6 Å². The summed E-state index contributed by atoms with van der Waals surface area (Å²) in [5.41, 5.74) is 1.58. The molecule has 0 radical (unpaired) electrons. The van der Waals surface area contributed by atoms with Gasteiger partial charge in [0, 0.05) is 23.6 Å². The molecule has 0 fully saturated rings. The van der Waals surface area contributed by atoms with E-state index in [1.807, 2.05) is 6.92 Å². The molecule has 1 heterocycles. The van der Waals surface area contributed by atoms with E-state index in [0.29, 0.717) is 17.6 Å². The maximum Gasteiger partial charge on any atom is 0.339 e. The molecule has 1 N–H and O–H groups in total. The number of hydrogen-bond acceptors (Lipinski definition) is 4. The number of rotatable bonds is 5. The van der Waals surface area contributed by atoms with E-state index in [0.717, 1.165) is 30.6 Å². The van der Waals surface area contributed by atoms with Crippen molar-refractivity contribution in [3.05, 3.63) is 38.7 Å². The normalized spacial score (nSPS) is 11.5. The van der Waals surface area contributed by atoms with Crippen LogP contribution in [0.3, 0.4) is 0 Å². The summed E-state index contributed by atoms with van der Waals surface area (Å²) < 4.78 is 5.32. The van der Waals surface area contributed by atoms with Crippen LogP contribution in [-0.2, 0) is 6.42 Å². The molecule has 0 saturated heterocycles. The van der Waals surface area contributed by atoms with Gasteiger partial charge in [-0.05, 0) is 38.1 Å². The highest BCUT2D eigenvalue weighted by atomic mass is 35.5. The second kappa shape index (κ2) is 6.50. The zero-order valence-electron chi connectivity index (χ0n) is 12.6. The number of hydrogen-bond donors (Lipinski definition) is 1. The molecule has 2 aromatic rings. The SMILES string of the molecule is CCN(CC)CCc1c(C)c2cc(Cl)c(O)cc2oc1=O. The number of halogens is 1. The second-order valence-electron chi connectivity index (χ2n) is 5.07. The Labute approximate surface area is 128 Å². The van der Waals surface area contributed by atoms with E-state index in [2.05, 4.69) is 18.7 Å². The van der Waals surface area contributed by atoms with E-state index in [-0.39, 0.29) is 16.4 Å². The number of nitrogens with zero attached hydrogens (tertiary/aromatic N) is 1. The molecule has 0 aliphatic heterocycles. The highest BCUT2D eigenvalue weighted by Gasteiger charge is 2.14. The molecule has 0 bridgehead atoms. The Balaban J connectivity index is 2.45. The zero-order chi connectivity index (χ0) is 15.6. The minimum atomic E-state index is -0.339. The number of benzene rings is 1. The van der Waals surface area contributed by atoms with Crippen LogP contribution in [0.2, 0.25) is 5.02 Å². The first-order chi connectivity index (χ1) is 9.97. The standard InChI is InChI=1S/C16H20ClNO3/c1-4-18(5-2)7-6-11-10(3)12-8-13(17)14(19)9-15(12)21-16(11)20/h8-9,19H,4-7H2,1-3H3. The molecule has 0 spiro atoms. The van der Waals surface area contributed by atoms with E-state index >= 15 is 0 Å². The van der Waals surface area contributed by atoms with Crippen molar-refractivity contribution in [2.45, 2.75) is 27.2 Å². The summed E-state index contributed by atoms with van der Waals surface area (Å²) in [6, 6.07) is 3.03. The number of aromatic hydroxyl groups is 1. The average molecular weight is 310 g/mol. The van der Waals surface area contributed by atoms with E-state index in [4.69, 9.17) is 16.0 Å². The Kier molecular flexibility index (Phi) is 4.91. The molecule has 1 aromatic heterocycles. The van der Waals surface area contributed by atoms with E-state index in [1.54, 1.807) is 6.07 Å².